The summed E-state index contributed by atoms with van der Waals surface area (Å²) in [5.41, 5.74) is 1.24. The molecule has 0 spiro atoms. The van der Waals surface area contributed by atoms with Gasteiger partial charge in [0.1, 0.15) is 5.75 Å². The number of benzene rings is 2. The van der Waals surface area contributed by atoms with Crippen molar-refractivity contribution in [2.75, 3.05) is 0 Å². The Morgan fingerprint density at radius 3 is 1.75 bits per heavy atom. The van der Waals surface area contributed by atoms with E-state index in [-0.39, 0.29) is 11.4 Å². The molecule has 0 saturated heterocycles. The van der Waals surface area contributed by atoms with Crippen LogP contribution in [0.2, 0.25) is 0 Å². The van der Waals surface area contributed by atoms with Gasteiger partial charge in [0.05, 0.1) is 4.92 Å². The molecule has 0 bridgehead atoms. The van der Waals surface area contributed by atoms with Crippen LogP contribution in [0, 0.1) is 10.1 Å². The first kappa shape index (κ1) is 13.9. The van der Waals surface area contributed by atoms with E-state index < -0.39 is 11.3 Å². The van der Waals surface area contributed by atoms with E-state index in [0.29, 0.717) is 11.1 Å². The highest BCUT2D eigenvalue weighted by Crippen LogP contribution is 2.27. The van der Waals surface area contributed by atoms with Gasteiger partial charge in [0.25, 0.3) is 5.69 Å². The molecule has 7 heteroatoms. The van der Waals surface area contributed by atoms with Crippen molar-refractivity contribution in [1.29, 1.82) is 0 Å². The van der Waals surface area contributed by atoms with E-state index in [0.717, 1.165) is 0 Å². The van der Waals surface area contributed by atoms with E-state index in [4.69, 9.17) is 0 Å². The zero-order valence-corrected chi connectivity index (χ0v) is 9.92. The predicted octanol–water partition coefficient (Wildman–Crippen LogP) is 4.16. The number of nitro groups is 1. The normalized spacial score (nSPS) is 11.2. The lowest BCUT2D eigenvalue weighted by atomic mass is 10.1. The largest absolute Gasteiger partial charge is 0.573 e. The van der Waals surface area contributed by atoms with Crippen molar-refractivity contribution in [3.63, 3.8) is 0 Å². The Morgan fingerprint density at radius 1 is 0.900 bits per heavy atom. The minimum Gasteiger partial charge on any atom is -0.406 e. The highest BCUT2D eigenvalue weighted by Gasteiger charge is 2.30. The van der Waals surface area contributed by atoms with Crippen molar-refractivity contribution in [1.82, 2.24) is 0 Å². The van der Waals surface area contributed by atoms with Gasteiger partial charge in [0, 0.05) is 12.1 Å². The summed E-state index contributed by atoms with van der Waals surface area (Å²) < 4.78 is 39.8. The number of hydrogen-bond donors (Lipinski definition) is 0. The smallest absolute Gasteiger partial charge is 0.406 e. The SMILES string of the molecule is O=[N+]([O-])c1ccc(-c2ccc(OC(F)(F)F)cc2)cc1. The third kappa shape index (κ3) is 3.47. The van der Waals surface area contributed by atoms with Crippen LogP contribution in [0.3, 0.4) is 0 Å². The van der Waals surface area contributed by atoms with E-state index in [9.17, 15) is 23.3 Å². The molecule has 0 aliphatic heterocycles. The Bertz CT molecular complexity index is 606. The van der Waals surface area contributed by atoms with Gasteiger partial charge in [-0.3, -0.25) is 10.1 Å². The molecule has 0 aromatic heterocycles. The van der Waals surface area contributed by atoms with Crippen LogP contribution in [0.25, 0.3) is 11.1 Å². The molecule has 0 heterocycles. The van der Waals surface area contributed by atoms with Crippen LogP contribution in [0.15, 0.2) is 48.5 Å². The molecule has 0 atom stereocenters. The van der Waals surface area contributed by atoms with Crippen molar-refractivity contribution in [2.24, 2.45) is 0 Å². The van der Waals surface area contributed by atoms with Crippen LogP contribution in [0.5, 0.6) is 5.75 Å². The molecule has 2 aromatic carbocycles. The van der Waals surface area contributed by atoms with Crippen LogP contribution in [0.1, 0.15) is 0 Å². The summed E-state index contributed by atoms with van der Waals surface area (Å²) in [6, 6.07) is 11.0. The number of hydrogen-bond acceptors (Lipinski definition) is 3. The number of halogens is 3. The summed E-state index contributed by atoms with van der Waals surface area (Å²) in [5, 5.41) is 10.5. The zero-order chi connectivity index (χ0) is 14.8. The first-order valence-corrected chi connectivity index (χ1v) is 5.46. The average molecular weight is 283 g/mol. The second-order valence-electron chi connectivity index (χ2n) is 3.88. The molecule has 4 nitrogen and oxygen atoms in total. The van der Waals surface area contributed by atoms with Crippen LogP contribution in [-0.2, 0) is 0 Å². The summed E-state index contributed by atoms with van der Waals surface area (Å²) in [6.07, 6.45) is -4.73. The van der Waals surface area contributed by atoms with Crippen LogP contribution in [0.4, 0.5) is 18.9 Å². The topological polar surface area (TPSA) is 52.4 Å². The summed E-state index contributed by atoms with van der Waals surface area (Å²) in [5.74, 6) is -0.317. The first-order chi connectivity index (χ1) is 9.35. The van der Waals surface area contributed by atoms with Crippen molar-refractivity contribution in [3.05, 3.63) is 58.6 Å². The number of non-ortho nitro benzene ring substituents is 1. The minimum atomic E-state index is -4.73. The average Bonchev–Trinajstić information content (AvgIpc) is 2.38. The van der Waals surface area contributed by atoms with Crippen molar-refractivity contribution in [3.8, 4) is 16.9 Å². The molecule has 0 saturated carbocycles. The molecule has 2 rings (SSSR count). The molecular formula is C13H8F3NO3. The number of nitro benzene ring substituents is 1. The van der Waals surface area contributed by atoms with E-state index in [1.54, 1.807) is 0 Å². The van der Waals surface area contributed by atoms with Crippen molar-refractivity contribution in [2.45, 2.75) is 6.36 Å². The highest BCUT2D eigenvalue weighted by molar-refractivity contribution is 5.65. The van der Waals surface area contributed by atoms with Gasteiger partial charge in [0.15, 0.2) is 0 Å². The number of nitrogens with zero attached hydrogens (tertiary/aromatic N) is 1. The monoisotopic (exact) mass is 283 g/mol. The Kier molecular flexibility index (Phi) is 3.60. The van der Waals surface area contributed by atoms with Crippen LogP contribution < -0.4 is 4.74 Å². The van der Waals surface area contributed by atoms with Gasteiger partial charge in [-0.05, 0) is 35.4 Å². The van der Waals surface area contributed by atoms with Crippen molar-refractivity contribution >= 4 is 5.69 Å². The summed E-state index contributed by atoms with van der Waals surface area (Å²) in [6.45, 7) is 0. The van der Waals surface area contributed by atoms with E-state index in [1.807, 2.05) is 0 Å². The summed E-state index contributed by atoms with van der Waals surface area (Å²) >= 11 is 0. The second-order valence-corrected chi connectivity index (χ2v) is 3.88. The third-order valence-corrected chi connectivity index (χ3v) is 2.50. The molecule has 20 heavy (non-hydrogen) atoms. The van der Waals surface area contributed by atoms with Crippen LogP contribution >= 0.6 is 0 Å². The molecule has 0 unspecified atom stereocenters. The van der Waals surface area contributed by atoms with Gasteiger partial charge in [-0.25, -0.2) is 0 Å². The lowest BCUT2D eigenvalue weighted by Crippen LogP contribution is -2.16. The number of ether oxygens (including phenoxy) is 1. The third-order valence-electron chi connectivity index (χ3n) is 2.50. The van der Waals surface area contributed by atoms with Crippen LogP contribution in [-0.4, -0.2) is 11.3 Å². The Hall–Kier alpha value is -2.57. The maximum absolute atomic E-state index is 12.0. The molecule has 104 valence electrons. The fraction of sp³-hybridized carbons (Fsp3) is 0.0769. The maximum atomic E-state index is 12.0. The Morgan fingerprint density at radius 2 is 1.35 bits per heavy atom. The van der Waals surface area contributed by atoms with E-state index in [1.165, 1.54) is 48.5 Å². The fourth-order valence-corrected chi connectivity index (χ4v) is 1.62. The second kappa shape index (κ2) is 5.20. The molecule has 0 aliphatic carbocycles. The van der Waals surface area contributed by atoms with Gasteiger partial charge < -0.3 is 4.74 Å². The predicted molar refractivity (Wildman–Crippen MR) is 65.2 cm³/mol. The highest BCUT2D eigenvalue weighted by atomic mass is 19.4. The summed E-state index contributed by atoms with van der Waals surface area (Å²) in [4.78, 5) is 9.98. The first-order valence-electron chi connectivity index (χ1n) is 5.46. The number of alkyl halides is 3. The van der Waals surface area contributed by atoms with Gasteiger partial charge in [-0.2, -0.15) is 0 Å². The van der Waals surface area contributed by atoms with Gasteiger partial charge in [-0.15, -0.1) is 13.2 Å². The molecule has 2 aromatic rings. The Balaban J connectivity index is 2.19. The lowest BCUT2D eigenvalue weighted by molar-refractivity contribution is -0.384. The quantitative estimate of drug-likeness (QED) is 0.627. The molecule has 0 N–H and O–H groups in total. The molecular weight excluding hydrogens is 275 g/mol. The molecule has 0 fully saturated rings. The van der Waals surface area contributed by atoms with E-state index in [2.05, 4.69) is 4.74 Å². The Labute approximate surface area is 111 Å². The standard InChI is InChI=1S/C13H8F3NO3/c14-13(15,16)20-12-7-3-10(4-8-12)9-1-5-11(6-2-9)17(18)19/h1-8H. The van der Waals surface area contributed by atoms with E-state index >= 15 is 0 Å². The number of rotatable bonds is 3. The zero-order valence-electron chi connectivity index (χ0n) is 9.92. The van der Waals surface area contributed by atoms with Crippen molar-refractivity contribution < 1.29 is 22.8 Å². The molecule has 0 aliphatic rings. The maximum Gasteiger partial charge on any atom is 0.573 e. The molecule has 0 amide bonds. The van der Waals surface area contributed by atoms with Gasteiger partial charge >= 0.3 is 6.36 Å². The van der Waals surface area contributed by atoms with Gasteiger partial charge in [0.2, 0.25) is 0 Å². The summed E-state index contributed by atoms with van der Waals surface area (Å²) in [7, 11) is 0. The fourth-order valence-electron chi connectivity index (χ4n) is 1.62. The molecule has 0 radical (unpaired) electrons. The minimum absolute atomic E-state index is 0.0502. The van der Waals surface area contributed by atoms with Gasteiger partial charge in [-0.1, -0.05) is 12.1 Å². The lowest BCUT2D eigenvalue weighted by Gasteiger charge is -2.09.